The number of amides is 2. The SMILES string of the molecule is [2H]C1([2H])CN(C)C(=O)[C@@]([2H])(NC(=O)[C@H](C)CC(=O)[C@@]([2H])(O)C(C)C)c2ccccc21. The predicted octanol–water partition coefficient (Wildman–Crippen LogP) is 1.47. The number of nitrogens with one attached hydrogen (secondary N) is 1. The summed E-state index contributed by atoms with van der Waals surface area (Å²) in [5.74, 6) is -4.10. The van der Waals surface area contributed by atoms with Crippen molar-refractivity contribution in [2.45, 2.75) is 45.7 Å². The molecule has 0 unspecified atom stereocenters. The fraction of sp³-hybridized carbons (Fsp3) is 0.550. The molecule has 0 aliphatic carbocycles. The van der Waals surface area contributed by atoms with E-state index < -0.39 is 54.3 Å². The lowest BCUT2D eigenvalue weighted by molar-refractivity contribution is -0.137. The fourth-order valence-electron chi connectivity index (χ4n) is 2.60. The highest BCUT2D eigenvalue weighted by molar-refractivity contribution is 5.92. The second-order valence-corrected chi connectivity index (χ2v) is 6.82. The number of carbonyl (C=O) groups is 3. The Bertz CT molecular complexity index is 859. The number of rotatable bonds is 6. The van der Waals surface area contributed by atoms with Crippen molar-refractivity contribution in [1.29, 1.82) is 0 Å². The number of benzene rings is 1. The predicted molar refractivity (Wildman–Crippen MR) is 98.3 cm³/mol. The van der Waals surface area contributed by atoms with Gasteiger partial charge in [0, 0.05) is 28.7 Å². The van der Waals surface area contributed by atoms with E-state index in [1.165, 1.54) is 40.0 Å². The largest absolute Gasteiger partial charge is 0.385 e. The topological polar surface area (TPSA) is 86.7 Å². The quantitative estimate of drug-likeness (QED) is 0.800. The third-order valence-corrected chi connectivity index (χ3v) is 4.28. The van der Waals surface area contributed by atoms with Gasteiger partial charge < -0.3 is 15.3 Å². The Kier molecular flexibility index (Phi) is 4.84. The summed E-state index contributed by atoms with van der Waals surface area (Å²) in [7, 11) is 1.36. The maximum Gasteiger partial charge on any atom is 0.249 e. The number of hydrogen-bond donors (Lipinski definition) is 2. The van der Waals surface area contributed by atoms with Crippen LogP contribution in [0.15, 0.2) is 24.3 Å². The zero-order valence-corrected chi connectivity index (χ0v) is 15.5. The molecule has 2 N–H and O–H groups in total. The highest BCUT2D eigenvalue weighted by Gasteiger charge is 2.32. The van der Waals surface area contributed by atoms with Gasteiger partial charge >= 0.3 is 0 Å². The summed E-state index contributed by atoms with van der Waals surface area (Å²) in [4.78, 5) is 39.1. The van der Waals surface area contributed by atoms with Crippen LogP contribution in [0.2, 0.25) is 0 Å². The molecule has 3 atom stereocenters. The monoisotopic (exact) mass is 364 g/mol. The van der Waals surface area contributed by atoms with Gasteiger partial charge in [-0.15, -0.1) is 0 Å². The summed E-state index contributed by atoms with van der Waals surface area (Å²) in [5, 5.41) is 12.4. The van der Waals surface area contributed by atoms with Crippen LogP contribution in [-0.2, 0) is 20.8 Å². The van der Waals surface area contributed by atoms with Gasteiger partial charge in [-0.2, -0.15) is 0 Å². The number of Topliss-reactive ketones (excluding diaryl/α,β-unsaturated/α-hetero) is 1. The van der Waals surface area contributed by atoms with E-state index >= 15 is 0 Å². The third kappa shape index (κ3) is 4.49. The van der Waals surface area contributed by atoms with E-state index in [1.807, 2.05) is 0 Å². The minimum Gasteiger partial charge on any atom is -0.385 e. The van der Waals surface area contributed by atoms with Gasteiger partial charge in [-0.25, -0.2) is 0 Å². The van der Waals surface area contributed by atoms with Crippen LogP contribution in [-0.4, -0.2) is 47.3 Å². The molecule has 0 bridgehead atoms. The molecule has 6 nitrogen and oxygen atoms in total. The first-order valence-electron chi connectivity index (χ1n) is 10.6. The molecule has 26 heavy (non-hydrogen) atoms. The van der Waals surface area contributed by atoms with Crippen LogP contribution >= 0.6 is 0 Å². The Balaban J connectivity index is 2.36. The Morgan fingerprint density at radius 3 is 2.73 bits per heavy atom. The number of carbonyl (C=O) groups excluding carboxylic acids is 3. The van der Waals surface area contributed by atoms with Crippen molar-refractivity contribution >= 4 is 17.6 Å². The summed E-state index contributed by atoms with van der Waals surface area (Å²) < 4.78 is 33.2. The molecule has 0 fully saturated rings. The molecule has 2 amide bonds. The summed E-state index contributed by atoms with van der Waals surface area (Å²) >= 11 is 0. The minimum absolute atomic E-state index is 0.0235. The van der Waals surface area contributed by atoms with Gasteiger partial charge in [-0.3, -0.25) is 14.4 Å². The van der Waals surface area contributed by atoms with Crippen molar-refractivity contribution in [3.05, 3.63) is 35.4 Å². The molecule has 0 spiro atoms. The van der Waals surface area contributed by atoms with Crippen molar-refractivity contribution in [2.24, 2.45) is 11.8 Å². The van der Waals surface area contributed by atoms with E-state index in [-0.39, 0.29) is 17.7 Å². The second kappa shape index (κ2) is 8.45. The van der Waals surface area contributed by atoms with Crippen LogP contribution in [0.25, 0.3) is 0 Å². The molecular weight excluding hydrogens is 332 g/mol. The smallest absolute Gasteiger partial charge is 0.249 e. The van der Waals surface area contributed by atoms with E-state index in [2.05, 4.69) is 5.32 Å². The summed E-state index contributed by atoms with van der Waals surface area (Å²) in [6.45, 7) is 4.15. The van der Waals surface area contributed by atoms with E-state index in [0.717, 1.165) is 4.90 Å². The lowest BCUT2D eigenvalue weighted by Crippen LogP contribution is -2.43. The maximum absolute atomic E-state index is 13.0. The van der Waals surface area contributed by atoms with Crippen molar-refractivity contribution < 1.29 is 25.0 Å². The van der Waals surface area contributed by atoms with Crippen molar-refractivity contribution in [2.75, 3.05) is 13.6 Å². The van der Waals surface area contributed by atoms with Gasteiger partial charge in [0.1, 0.15) is 12.1 Å². The number of fused-ring (bicyclic) bond motifs is 1. The highest BCUT2D eigenvalue weighted by Crippen LogP contribution is 2.25. The molecule has 0 saturated carbocycles. The second-order valence-electron chi connectivity index (χ2n) is 6.82. The van der Waals surface area contributed by atoms with Crippen LogP contribution < -0.4 is 5.32 Å². The van der Waals surface area contributed by atoms with Crippen LogP contribution in [0.3, 0.4) is 0 Å². The average Bonchev–Trinajstić information content (AvgIpc) is 2.70. The Morgan fingerprint density at radius 1 is 1.42 bits per heavy atom. The first kappa shape index (κ1) is 14.9. The average molecular weight is 364 g/mol. The summed E-state index contributed by atoms with van der Waals surface area (Å²) in [6.07, 6.45) is -4.70. The number of nitrogens with zero attached hydrogens (tertiary/aromatic N) is 1. The van der Waals surface area contributed by atoms with E-state index in [9.17, 15) is 19.5 Å². The van der Waals surface area contributed by atoms with Crippen molar-refractivity contribution in [1.82, 2.24) is 10.2 Å². The number of ketones is 1. The highest BCUT2D eigenvalue weighted by atomic mass is 16.3. The molecule has 1 aromatic carbocycles. The zero-order chi connectivity index (χ0) is 23.1. The Labute approximate surface area is 160 Å². The molecule has 1 aliphatic heterocycles. The van der Waals surface area contributed by atoms with E-state index in [4.69, 9.17) is 5.48 Å². The molecule has 2 rings (SSSR count). The molecule has 0 aromatic heterocycles. The molecule has 1 aliphatic rings. The molecule has 1 aromatic rings. The zero-order valence-electron chi connectivity index (χ0n) is 19.5. The molecule has 142 valence electrons. The van der Waals surface area contributed by atoms with Gasteiger partial charge in [0.2, 0.25) is 11.8 Å². The Morgan fingerprint density at radius 2 is 2.08 bits per heavy atom. The summed E-state index contributed by atoms with van der Waals surface area (Å²) in [6, 6.07) is 3.77. The third-order valence-electron chi connectivity index (χ3n) is 4.28. The number of aliphatic hydroxyl groups is 1. The lowest BCUT2D eigenvalue weighted by Gasteiger charge is -2.24. The maximum atomic E-state index is 13.0. The lowest BCUT2D eigenvalue weighted by atomic mass is 9.94. The fourth-order valence-corrected chi connectivity index (χ4v) is 2.60. The van der Waals surface area contributed by atoms with Gasteiger partial charge in [0.25, 0.3) is 0 Å². The first-order valence-corrected chi connectivity index (χ1v) is 8.58. The van der Waals surface area contributed by atoms with Crippen LogP contribution in [0.1, 0.15) is 49.8 Å². The van der Waals surface area contributed by atoms with Crippen molar-refractivity contribution in [3.8, 4) is 0 Å². The van der Waals surface area contributed by atoms with E-state index in [0.29, 0.717) is 0 Å². The van der Waals surface area contributed by atoms with Crippen molar-refractivity contribution in [3.63, 3.8) is 0 Å². The number of hydrogen-bond acceptors (Lipinski definition) is 4. The van der Waals surface area contributed by atoms with Crippen LogP contribution in [0.4, 0.5) is 0 Å². The number of likely N-dealkylation sites (N-methyl/N-ethyl adjacent to an activating group) is 1. The van der Waals surface area contributed by atoms with Gasteiger partial charge in [-0.1, -0.05) is 45.0 Å². The normalized spacial score (nSPS) is 27.8. The van der Waals surface area contributed by atoms with Gasteiger partial charge in [-0.05, 0) is 23.4 Å². The molecule has 0 saturated heterocycles. The van der Waals surface area contributed by atoms with E-state index in [1.54, 1.807) is 12.1 Å². The van der Waals surface area contributed by atoms with Gasteiger partial charge in [0.15, 0.2) is 5.78 Å². The summed E-state index contributed by atoms with van der Waals surface area (Å²) in [5.41, 5.74) is 0.150. The van der Waals surface area contributed by atoms with Crippen LogP contribution in [0.5, 0.6) is 0 Å². The van der Waals surface area contributed by atoms with Crippen LogP contribution in [0, 0.1) is 11.8 Å². The molecular formula is C20H28N2O4. The molecule has 6 heteroatoms. The standard InChI is InChI=1S/C20H28N2O4/c1-12(2)18(24)16(23)11-13(3)19(25)21-17-15-8-6-5-7-14(15)9-10-22(4)20(17)26/h5-8,12-13,17-18,24H,9-11H2,1-4H3,(H,21,25)/t13-,17+,18+/m1/s1/i9D2,17D,18D. The molecule has 1 heterocycles. The molecule has 0 radical (unpaired) electrons. The van der Waals surface area contributed by atoms with Gasteiger partial charge in [0.05, 0.1) is 2.74 Å². The minimum atomic E-state index is -2.34. The Hall–Kier alpha value is -2.21. The first-order chi connectivity index (χ1) is 13.6.